The van der Waals surface area contributed by atoms with E-state index in [9.17, 15) is 8.42 Å². The number of sulfonamides is 1. The highest BCUT2D eigenvalue weighted by Crippen LogP contribution is 2.15. The number of aryl methyl sites for hydroxylation is 1. The predicted octanol–water partition coefficient (Wildman–Crippen LogP) is 3.08. The van der Waals surface area contributed by atoms with Gasteiger partial charge in [0.2, 0.25) is 10.0 Å². The number of benzene rings is 2. The van der Waals surface area contributed by atoms with Crippen LogP contribution >= 0.6 is 0 Å². The van der Waals surface area contributed by atoms with E-state index in [4.69, 9.17) is 0 Å². The first-order chi connectivity index (χ1) is 9.49. The van der Waals surface area contributed by atoms with Gasteiger partial charge < -0.3 is 0 Å². The Morgan fingerprint density at radius 1 is 1.00 bits per heavy atom. The summed E-state index contributed by atoms with van der Waals surface area (Å²) in [5.74, 6) is 0.136. The third kappa shape index (κ3) is 3.68. The minimum atomic E-state index is -3.43. The van der Waals surface area contributed by atoms with Crippen molar-refractivity contribution in [2.45, 2.75) is 24.7 Å². The van der Waals surface area contributed by atoms with E-state index in [0.29, 0.717) is 11.4 Å². The molecule has 20 heavy (non-hydrogen) atoms. The Hall–Kier alpha value is -1.65. The highest BCUT2D eigenvalue weighted by atomic mass is 32.2. The molecule has 0 aromatic heterocycles. The Bertz CT molecular complexity index is 649. The van der Waals surface area contributed by atoms with Crippen LogP contribution in [0.25, 0.3) is 0 Å². The van der Waals surface area contributed by atoms with Crippen molar-refractivity contribution in [1.29, 1.82) is 0 Å². The average Bonchev–Trinajstić information content (AvgIpc) is 2.46. The van der Waals surface area contributed by atoms with Crippen molar-refractivity contribution in [3.05, 3.63) is 65.7 Å². The third-order valence-corrected chi connectivity index (χ3v) is 4.72. The molecule has 0 saturated heterocycles. The van der Waals surface area contributed by atoms with Crippen LogP contribution in [-0.2, 0) is 10.0 Å². The van der Waals surface area contributed by atoms with E-state index in [1.807, 2.05) is 44.2 Å². The maximum Gasteiger partial charge on any atom is 0.240 e. The SMILES string of the molecule is Cc1ccc(S(=O)(=O)NCC(C)c2ccccc2)cc1. The molecule has 1 unspecified atom stereocenters. The smallest absolute Gasteiger partial charge is 0.211 e. The van der Waals surface area contributed by atoms with Gasteiger partial charge in [-0.2, -0.15) is 0 Å². The van der Waals surface area contributed by atoms with E-state index in [1.165, 1.54) is 0 Å². The summed E-state index contributed by atoms with van der Waals surface area (Å²) in [7, 11) is -3.43. The minimum Gasteiger partial charge on any atom is -0.211 e. The lowest BCUT2D eigenvalue weighted by Gasteiger charge is -2.13. The van der Waals surface area contributed by atoms with Gasteiger partial charge in [-0.15, -0.1) is 0 Å². The van der Waals surface area contributed by atoms with Crippen molar-refractivity contribution in [3.63, 3.8) is 0 Å². The quantitative estimate of drug-likeness (QED) is 0.919. The van der Waals surface area contributed by atoms with Crippen LogP contribution in [0.15, 0.2) is 59.5 Å². The molecule has 0 aliphatic carbocycles. The van der Waals surface area contributed by atoms with E-state index in [0.717, 1.165) is 11.1 Å². The zero-order valence-corrected chi connectivity index (χ0v) is 12.5. The van der Waals surface area contributed by atoms with Crippen LogP contribution in [0, 0.1) is 6.92 Å². The molecule has 0 aliphatic rings. The van der Waals surface area contributed by atoms with Crippen molar-refractivity contribution in [3.8, 4) is 0 Å². The lowest BCUT2D eigenvalue weighted by molar-refractivity contribution is 0.575. The zero-order valence-electron chi connectivity index (χ0n) is 11.7. The summed E-state index contributed by atoms with van der Waals surface area (Å²) >= 11 is 0. The van der Waals surface area contributed by atoms with E-state index in [-0.39, 0.29) is 5.92 Å². The van der Waals surface area contributed by atoms with Gasteiger partial charge >= 0.3 is 0 Å². The lowest BCUT2D eigenvalue weighted by atomic mass is 10.0. The molecule has 0 radical (unpaired) electrons. The van der Waals surface area contributed by atoms with Crippen LogP contribution in [0.4, 0.5) is 0 Å². The fraction of sp³-hybridized carbons (Fsp3) is 0.250. The molecule has 2 aromatic carbocycles. The van der Waals surface area contributed by atoms with Crippen LogP contribution in [0.5, 0.6) is 0 Å². The van der Waals surface area contributed by atoms with Crippen LogP contribution in [-0.4, -0.2) is 15.0 Å². The third-order valence-electron chi connectivity index (χ3n) is 3.28. The summed E-state index contributed by atoms with van der Waals surface area (Å²) in [4.78, 5) is 0.309. The number of hydrogen-bond donors (Lipinski definition) is 1. The van der Waals surface area contributed by atoms with Crippen LogP contribution in [0.3, 0.4) is 0 Å². The molecule has 0 heterocycles. The maximum atomic E-state index is 12.2. The van der Waals surface area contributed by atoms with E-state index >= 15 is 0 Å². The van der Waals surface area contributed by atoms with Crippen molar-refractivity contribution in [2.24, 2.45) is 0 Å². The van der Waals surface area contributed by atoms with E-state index < -0.39 is 10.0 Å². The second-order valence-electron chi connectivity index (χ2n) is 4.98. The molecule has 1 N–H and O–H groups in total. The summed E-state index contributed by atoms with van der Waals surface area (Å²) in [5, 5.41) is 0. The molecule has 0 amide bonds. The van der Waals surface area contributed by atoms with Crippen molar-refractivity contribution in [1.82, 2.24) is 4.72 Å². The van der Waals surface area contributed by atoms with E-state index in [2.05, 4.69) is 4.72 Å². The van der Waals surface area contributed by atoms with Crippen molar-refractivity contribution >= 4 is 10.0 Å². The zero-order chi connectivity index (χ0) is 14.6. The highest BCUT2D eigenvalue weighted by Gasteiger charge is 2.15. The highest BCUT2D eigenvalue weighted by molar-refractivity contribution is 7.89. The molecule has 106 valence electrons. The summed E-state index contributed by atoms with van der Waals surface area (Å²) in [5.41, 5.74) is 2.17. The molecule has 2 aromatic rings. The van der Waals surface area contributed by atoms with Gasteiger partial charge in [0.15, 0.2) is 0 Å². The van der Waals surface area contributed by atoms with Crippen molar-refractivity contribution in [2.75, 3.05) is 6.54 Å². The van der Waals surface area contributed by atoms with Gasteiger partial charge in [-0.05, 0) is 30.5 Å². The van der Waals surface area contributed by atoms with Crippen LogP contribution in [0.2, 0.25) is 0 Å². The number of rotatable bonds is 5. The standard InChI is InChI=1S/C16H19NO2S/c1-13-8-10-16(11-9-13)20(18,19)17-12-14(2)15-6-4-3-5-7-15/h3-11,14,17H,12H2,1-2H3. The Morgan fingerprint density at radius 3 is 2.20 bits per heavy atom. The Balaban J connectivity index is 2.04. The predicted molar refractivity (Wildman–Crippen MR) is 81.2 cm³/mol. The summed E-state index contributed by atoms with van der Waals surface area (Å²) in [6, 6.07) is 16.7. The monoisotopic (exact) mass is 289 g/mol. The molecule has 4 heteroatoms. The van der Waals surface area contributed by atoms with Gasteiger partial charge in [0, 0.05) is 6.54 Å². The Labute approximate surface area is 120 Å². The van der Waals surface area contributed by atoms with Crippen molar-refractivity contribution < 1.29 is 8.42 Å². The number of nitrogens with one attached hydrogen (secondary N) is 1. The molecule has 3 nitrogen and oxygen atoms in total. The van der Waals surface area contributed by atoms with Gasteiger partial charge in [-0.25, -0.2) is 13.1 Å². The van der Waals surface area contributed by atoms with Gasteiger partial charge in [0.1, 0.15) is 0 Å². The molecule has 0 aliphatic heterocycles. The average molecular weight is 289 g/mol. The second kappa shape index (κ2) is 6.20. The fourth-order valence-corrected chi connectivity index (χ4v) is 3.07. The minimum absolute atomic E-state index is 0.136. The molecule has 0 spiro atoms. The van der Waals surface area contributed by atoms with Gasteiger partial charge in [0.25, 0.3) is 0 Å². The number of hydrogen-bond acceptors (Lipinski definition) is 2. The molecule has 0 fully saturated rings. The fourth-order valence-electron chi connectivity index (χ4n) is 1.93. The summed E-state index contributed by atoms with van der Waals surface area (Å²) in [6.45, 7) is 4.33. The Kier molecular flexibility index (Phi) is 4.57. The molecule has 0 bridgehead atoms. The normalized spacial score (nSPS) is 13.1. The molecule has 1 atom stereocenters. The van der Waals surface area contributed by atoms with Gasteiger partial charge in [-0.3, -0.25) is 0 Å². The molecular formula is C16H19NO2S. The first-order valence-electron chi connectivity index (χ1n) is 6.60. The van der Waals surface area contributed by atoms with E-state index in [1.54, 1.807) is 24.3 Å². The lowest BCUT2D eigenvalue weighted by Crippen LogP contribution is -2.27. The summed E-state index contributed by atoms with van der Waals surface area (Å²) in [6.07, 6.45) is 0. The van der Waals surface area contributed by atoms with Crippen LogP contribution < -0.4 is 4.72 Å². The maximum absolute atomic E-state index is 12.2. The molecular weight excluding hydrogens is 270 g/mol. The first kappa shape index (κ1) is 14.8. The topological polar surface area (TPSA) is 46.2 Å². The van der Waals surface area contributed by atoms with Gasteiger partial charge in [0.05, 0.1) is 4.90 Å². The molecule has 0 saturated carbocycles. The van der Waals surface area contributed by atoms with Gasteiger partial charge in [-0.1, -0.05) is 55.0 Å². The van der Waals surface area contributed by atoms with Crippen LogP contribution in [0.1, 0.15) is 24.0 Å². The first-order valence-corrected chi connectivity index (χ1v) is 8.08. The Morgan fingerprint density at radius 2 is 1.60 bits per heavy atom. The largest absolute Gasteiger partial charge is 0.240 e. The summed E-state index contributed by atoms with van der Waals surface area (Å²) < 4.78 is 27.0. The molecule has 2 rings (SSSR count). The second-order valence-corrected chi connectivity index (χ2v) is 6.74.